The van der Waals surface area contributed by atoms with Gasteiger partial charge in [-0.15, -0.1) is 11.3 Å². The van der Waals surface area contributed by atoms with Crippen molar-refractivity contribution in [3.8, 4) is 11.1 Å². The number of nitrogens with zero attached hydrogens (tertiary/aromatic N) is 1. The molecule has 3 rings (SSSR count). The Morgan fingerprint density at radius 1 is 1.35 bits per heavy atom. The van der Waals surface area contributed by atoms with Crippen molar-refractivity contribution >= 4 is 27.9 Å². The number of nitro groups is 1. The molecule has 0 bridgehead atoms. The van der Waals surface area contributed by atoms with E-state index in [0.717, 1.165) is 25.7 Å². The molecule has 1 aromatic heterocycles. The third kappa shape index (κ3) is 3.19. The van der Waals surface area contributed by atoms with Crippen LogP contribution in [0.4, 0.5) is 10.7 Å². The van der Waals surface area contributed by atoms with Crippen LogP contribution < -0.4 is 11.1 Å². The normalized spacial score (nSPS) is 14.8. The van der Waals surface area contributed by atoms with Crippen molar-refractivity contribution in [2.75, 3.05) is 5.73 Å². The molecule has 23 heavy (non-hydrogen) atoms. The highest BCUT2D eigenvalue weighted by atomic mass is 32.1. The topological polar surface area (TPSA) is 98.3 Å². The van der Waals surface area contributed by atoms with E-state index in [1.807, 2.05) is 0 Å². The van der Waals surface area contributed by atoms with Crippen molar-refractivity contribution in [3.05, 3.63) is 45.3 Å². The van der Waals surface area contributed by atoms with Crippen LogP contribution in [0.15, 0.2) is 29.6 Å². The first-order valence-electron chi connectivity index (χ1n) is 7.49. The number of nitrogens with one attached hydrogen (secondary N) is 1. The van der Waals surface area contributed by atoms with Gasteiger partial charge in [0.15, 0.2) is 0 Å². The maximum Gasteiger partial charge on any atom is 0.270 e. The van der Waals surface area contributed by atoms with Crippen LogP contribution in [0, 0.1) is 10.1 Å². The molecule has 0 spiro atoms. The molecular formula is C16H17N3O3S. The van der Waals surface area contributed by atoms with E-state index in [0.29, 0.717) is 21.7 Å². The zero-order chi connectivity index (χ0) is 16.4. The summed E-state index contributed by atoms with van der Waals surface area (Å²) in [4.78, 5) is 23.1. The maximum atomic E-state index is 12.6. The van der Waals surface area contributed by atoms with Gasteiger partial charge in [0, 0.05) is 29.1 Å². The Bertz CT molecular complexity index is 751. The number of non-ortho nitro benzene ring substituents is 1. The van der Waals surface area contributed by atoms with Gasteiger partial charge in [0.2, 0.25) is 0 Å². The lowest BCUT2D eigenvalue weighted by Crippen LogP contribution is -2.33. The number of thiophene rings is 1. The molecule has 1 aliphatic rings. The highest BCUT2D eigenvalue weighted by molar-refractivity contribution is 7.15. The van der Waals surface area contributed by atoms with E-state index in [-0.39, 0.29) is 17.6 Å². The molecule has 0 aliphatic heterocycles. The Hall–Kier alpha value is -2.41. The van der Waals surface area contributed by atoms with Crippen LogP contribution in [0.3, 0.4) is 0 Å². The fraction of sp³-hybridized carbons (Fsp3) is 0.312. The molecule has 1 aromatic carbocycles. The number of carbonyl (C=O) groups is 1. The molecule has 1 aliphatic carbocycles. The van der Waals surface area contributed by atoms with Crippen LogP contribution in [0.1, 0.15) is 36.0 Å². The molecular weight excluding hydrogens is 314 g/mol. The van der Waals surface area contributed by atoms with Crippen LogP contribution in [0.25, 0.3) is 11.1 Å². The van der Waals surface area contributed by atoms with E-state index in [2.05, 4.69) is 5.32 Å². The molecule has 7 heteroatoms. The largest absolute Gasteiger partial charge is 0.390 e. The van der Waals surface area contributed by atoms with E-state index >= 15 is 0 Å². The molecule has 1 heterocycles. The lowest BCUT2D eigenvalue weighted by Gasteiger charge is -2.13. The molecule has 0 atom stereocenters. The second-order valence-electron chi connectivity index (χ2n) is 5.65. The minimum atomic E-state index is -0.447. The quantitative estimate of drug-likeness (QED) is 0.661. The average molecular weight is 331 g/mol. The zero-order valence-electron chi connectivity index (χ0n) is 12.5. The van der Waals surface area contributed by atoms with Crippen molar-refractivity contribution in [2.45, 2.75) is 31.7 Å². The summed E-state index contributed by atoms with van der Waals surface area (Å²) in [5.41, 5.74) is 7.66. The van der Waals surface area contributed by atoms with Gasteiger partial charge in [0.05, 0.1) is 15.5 Å². The van der Waals surface area contributed by atoms with Crippen LogP contribution in [0.2, 0.25) is 0 Å². The predicted molar refractivity (Wildman–Crippen MR) is 90.5 cm³/mol. The molecule has 6 nitrogen and oxygen atoms in total. The summed E-state index contributed by atoms with van der Waals surface area (Å²) in [7, 11) is 0. The molecule has 0 radical (unpaired) electrons. The van der Waals surface area contributed by atoms with Crippen LogP contribution in [0.5, 0.6) is 0 Å². The number of anilines is 1. The van der Waals surface area contributed by atoms with Gasteiger partial charge >= 0.3 is 0 Å². The Kier molecular flexibility index (Phi) is 4.29. The van der Waals surface area contributed by atoms with Crippen LogP contribution in [-0.4, -0.2) is 16.9 Å². The minimum Gasteiger partial charge on any atom is -0.390 e. The Labute approximate surface area is 137 Å². The summed E-state index contributed by atoms with van der Waals surface area (Å²) >= 11 is 1.27. The summed E-state index contributed by atoms with van der Waals surface area (Å²) in [6.07, 6.45) is 4.23. The minimum absolute atomic E-state index is 0.00516. The number of hydrogen-bond donors (Lipinski definition) is 2. The number of benzene rings is 1. The summed E-state index contributed by atoms with van der Waals surface area (Å²) < 4.78 is 0. The summed E-state index contributed by atoms with van der Waals surface area (Å²) in [5.74, 6) is -0.197. The molecule has 1 saturated carbocycles. The van der Waals surface area contributed by atoms with E-state index in [9.17, 15) is 14.9 Å². The number of rotatable bonds is 4. The number of amides is 1. The van der Waals surface area contributed by atoms with Gasteiger partial charge in [-0.25, -0.2) is 0 Å². The van der Waals surface area contributed by atoms with E-state index < -0.39 is 4.92 Å². The molecule has 3 N–H and O–H groups in total. The first-order valence-corrected chi connectivity index (χ1v) is 8.37. The van der Waals surface area contributed by atoms with Gasteiger partial charge in [0.25, 0.3) is 11.6 Å². The standard InChI is InChI=1S/C16H17N3O3S/c17-15-14(16(20)18-11-5-1-2-6-11)13(9-23-15)10-4-3-7-12(8-10)19(21)22/h3-4,7-9,11H,1-2,5-6,17H2,(H,18,20). The number of nitro benzene ring substituents is 1. The molecule has 2 aromatic rings. The summed E-state index contributed by atoms with van der Waals surface area (Å²) in [6, 6.07) is 6.45. The number of carbonyl (C=O) groups excluding carboxylic acids is 1. The van der Waals surface area contributed by atoms with Gasteiger partial charge in [-0.2, -0.15) is 0 Å². The fourth-order valence-corrected chi connectivity index (χ4v) is 3.75. The summed E-state index contributed by atoms with van der Waals surface area (Å²) in [6.45, 7) is 0. The third-order valence-corrected chi connectivity index (χ3v) is 4.92. The number of hydrogen-bond acceptors (Lipinski definition) is 5. The van der Waals surface area contributed by atoms with E-state index in [1.54, 1.807) is 17.5 Å². The van der Waals surface area contributed by atoms with Crippen molar-refractivity contribution in [1.82, 2.24) is 5.32 Å². The maximum absolute atomic E-state index is 12.6. The van der Waals surface area contributed by atoms with E-state index in [1.165, 1.54) is 23.5 Å². The Morgan fingerprint density at radius 3 is 2.78 bits per heavy atom. The molecule has 0 unspecified atom stereocenters. The first-order chi connectivity index (χ1) is 11.1. The Morgan fingerprint density at radius 2 is 2.09 bits per heavy atom. The SMILES string of the molecule is Nc1scc(-c2cccc([N+](=O)[O-])c2)c1C(=O)NC1CCCC1. The lowest BCUT2D eigenvalue weighted by atomic mass is 10.0. The van der Waals surface area contributed by atoms with E-state index in [4.69, 9.17) is 5.73 Å². The second-order valence-corrected chi connectivity index (χ2v) is 6.56. The molecule has 1 amide bonds. The fourth-order valence-electron chi connectivity index (χ4n) is 2.93. The number of nitrogen functional groups attached to an aromatic ring is 1. The van der Waals surface area contributed by atoms with Crippen LogP contribution in [-0.2, 0) is 0 Å². The highest BCUT2D eigenvalue weighted by Gasteiger charge is 2.23. The zero-order valence-corrected chi connectivity index (χ0v) is 13.3. The van der Waals surface area contributed by atoms with Crippen molar-refractivity contribution in [2.24, 2.45) is 0 Å². The third-order valence-electron chi connectivity index (χ3n) is 4.10. The van der Waals surface area contributed by atoms with Gasteiger partial charge in [-0.05, 0) is 18.4 Å². The van der Waals surface area contributed by atoms with Crippen LogP contribution >= 0.6 is 11.3 Å². The van der Waals surface area contributed by atoms with Crippen molar-refractivity contribution in [3.63, 3.8) is 0 Å². The number of nitrogens with two attached hydrogens (primary N) is 1. The first kappa shape index (κ1) is 15.5. The molecule has 120 valence electrons. The molecule has 0 saturated heterocycles. The lowest BCUT2D eigenvalue weighted by molar-refractivity contribution is -0.384. The molecule has 1 fully saturated rings. The average Bonchev–Trinajstić information content (AvgIpc) is 3.16. The van der Waals surface area contributed by atoms with Gasteiger partial charge in [-0.1, -0.05) is 25.0 Å². The van der Waals surface area contributed by atoms with Crippen molar-refractivity contribution in [1.29, 1.82) is 0 Å². The highest BCUT2D eigenvalue weighted by Crippen LogP contribution is 2.35. The Balaban J connectivity index is 1.93. The second kappa shape index (κ2) is 6.37. The van der Waals surface area contributed by atoms with Gasteiger partial charge < -0.3 is 11.1 Å². The monoisotopic (exact) mass is 331 g/mol. The predicted octanol–water partition coefficient (Wildman–Crippen LogP) is 3.58. The van der Waals surface area contributed by atoms with Gasteiger partial charge in [0.1, 0.15) is 0 Å². The smallest absolute Gasteiger partial charge is 0.270 e. The summed E-state index contributed by atoms with van der Waals surface area (Å²) in [5, 5.41) is 16.2. The van der Waals surface area contributed by atoms with Gasteiger partial charge in [-0.3, -0.25) is 14.9 Å². The van der Waals surface area contributed by atoms with Crippen molar-refractivity contribution < 1.29 is 9.72 Å².